The summed E-state index contributed by atoms with van der Waals surface area (Å²) in [6.07, 6.45) is 0.417. The van der Waals surface area contributed by atoms with Gasteiger partial charge >= 0.3 is 0 Å². The second-order valence-corrected chi connectivity index (χ2v) is 5.01. The second kappa shape index (κ2) is 7.46. The van der Waals surface area contributed by atoms with Gasteiger partial charge in [0, 0.05) is 23.7 Å². The molecule has 3 atom stereocenters. The summed E-state index contributed by atoms with van der Waals surface area (Å²) in [5.41, 5.74) is 0. The standard InChI is InChI=1S/C10H21NO3S/c1-2-11-9-3-4-14-6-10(9)15-7-8(13)5-12/h8-13H,2-7H2,1H3. The van der Waals surface area contributed by atoms with Crippen molar-refractivity contribution in [3.05, 3.63) is 0 Å². The summed E-state index contributed by atoms with van der Waals surface area (Å²) in [6, 6.07) is 0.472. The lowest BCUT2D eigenvalue weighted by atomic mass is 10.1. The Morgan fingerprint density at radius 3 is 3.07 bits per heavy atom. The maximum Gasteiger partial charge on any atom is 0.0861 e. The molecule has 1 heterocycles. The Morgan fingerprint density at radius 1 is 1.60 bits per heavy atom. The highest BCUT2D eigenvalue weighted by Gasteiger charge is 2.25. The lowest BCUT2D eigenvalue weighted by molar-refractivity contribution is 0.0827. The van der Waals surface area contributed by atoms with Crippen molar-refractivity contribution in [2.75, 3.05) is 32.1 Å². The zero-order valence-corrected chi connectivity index (χ0v) is 10.0. The monoisotopic (exact) mass is 235 g/mol. The number of thioether (sulfide) groups is 1. The Kier molecular flexibility index (Phi) is 6.59. The molecular formula is C10H21NO3S. The number of hydrogen-bond acceptors (Lipinski definition) is 5. The van der Waals surface area contributed by atoms with E-state index >= 15 is 0 Å². The van der Waals surface area contributed by atoms with Gasteiger partial charge in [-0.1, -0.05) is 6.92 Å². The summed E-state index contributed by atoms with van der Waals surface area (Å²) in [6.45, 7) is 4.45. The van der Waals surface area contributed by atoms with Crippen molar-refractivity contribution in [2.45, 2.75) is 30.7 Å². The lowest BCUT2D eigenvalue weighted by Gasteiger charge is -2.32. The SMILES string of the molecule is CCNC1CCOCC1SCC(O)CO. The van der Waals surface area contributed by atoms with E-state index in [9.17, 15) is 5.11 Å². The number of aliphatic hydroxyl groups excluding tert-OH is 2. The van der Waals surface area contributed by atoms with E-state index in [4.69, 9.17) is 9.84 Å². The molecule has 0 aromatic rings. The molecule has 0 bridgehead atoms. The van der Waals surface area contributed by atoms with Crippen molar-refractivity contribution in [1.29, 1.82) is 0 Å². The van der Waals surface area contributed by atoms with Gasteiger partial charge in [0.2, 0.25) is 0 Å². The number of ether oxygens (including phenoxy) is 1. The largest absolute Gasteiger partial charge is 0.394 e. The summed E-state index contributed by atoms with van der Waals surface area (Å²) in [4.78, 5) is 0. The smallest absolute Gasteiger partial charge is 0.0861 e. The van der Waals surface area contributed by atoms with Crippen LogP contribution >= 0.6 is 11.8 Å². The van der Waals surface area contributed by atoms with E-state index in [2.05, 4.69) is 12.2 Å². The molecule has 1 aliphatic rings. The fourth-order valence-corrected chi connectivity index (χ4v) is 2.89. The molecular weight excluding hydrogens is 214 g/mol. The van der Waals surface area contributed by atoms with Gasteiger partial charge < -0.3 is 20.3 Å². The van der Waals surface area contributed by atoms with E-state index in [-0.39, 0.29) is 6.61 Å². The van der Waals surface area contributed by atoms with E-state index in [0.717, 1.165) is 26.2 Å². The van der Waals surface area contributed by atoms with Crippen LogP contribution in [0, 0.1) is 0 Å². The minimum Gasteiger partial charge on any atom is -0.394 e. The Bertz CT molecular complexity index is 169. The Labute approximate surface area is 95.4 Å². The first kappa shape index (κ1) is 13.3. The minimum absolute atomic E-state index is 0.160. The first-order valence-electron chi connectivity index (χ1n) is 5.49. The molecule has 0 aromatic carbocycles. The van der Waals surface area contributed by atoms with Crippen molar-refractivity contribution in [2.24, 2.45) is 0 Å². The number of nitrogens with one attached hydrogen (secondary N) is 1. The second-order valence-electron chi connectivity index (χ2n) is 3.74. The predicted octanol–water partition coefficient (Wildman–Crippen LogP) is -0.160. The van der Waals surface area contributed by atoms with Crippen LogP contribution in [0.15, 0.2) is 0 Å². The van der Waals surface area contributed by atoms with Gasteiger partial charge in [-0.05, 0) is 13.0 Å². The van der Waals surface area contributed by atoms with Crippen molar-refractivity contribution >= 4 is 11.8 Å². The topological polar surface area (TPSA) is 61.7 Å². The van der Waals surface area contributed by atoms with Crippen molar-refractivity contribution < 1.29 is 14.9 Å². The molecule has 1 rings (SSSR count). The number of aliphatic hydroxyl groups is 2. The Morgan fingerprint density at radius 2 is 2.40 bits per heavy atom. The third-order valence-corrected chi connectivity index (χ3v) is 3.95. The highest BCUT2D eigenvalue weighted by molar-refractivity contribution is 8.00. The molecule has 1 aliphatic heterocycles. The van der Waals surface area contributed by atoms with Crippen molar-refractivity contribution in [1.82, 2.24) is 5.32 Å². The fourth-order valence-electron chi connectivity index (χ4n) is 1.66. The highest BCUT2D eigenvalue weighted by atomic mass is 32.2. The van der Waals surface area contributed by atoms with Gasteiger partial charge in [0.1, 0.15) is 0 Å². The first-order chi connectivity index (χ1) is 7.27. The average Bonchev–Trinajstić information content (AvgIpc) is 2.28. The molecule has 15 heavy (non-hydrogen) atoms. The van der Waals surface area contributed by atoms with Crippen LogP contribution in [0.5, 0.6) is 0 Å². The predicted molar refractivity (Wildman–Crippen MR) is 62.2 cm³/mol. The van der Waals surface area contributed by atoms with Crippen LogP contribution < -0.4 is 5.32 Å². The molecule has 0 aliphatic carbocycles. The normalized spacial score (nSPS) is 29.0. The van der Waals surface area contributed by atoms with Crippen LogP contribution in [0.4, 0.5) is 0 Å². The molecule has 0 saturated carbocycles. The first-order valence-corrected chi connectivity index (χ1v) is 6.54. The summed E-state index contributed by atoms with van der Waals surface area (Å²) < 4.78 is 5.42. The van der Waals surface area contributed by atoms with E-state index < -0.39 is 6.10 Å². The van der Waals surface area contributed by atoms with Gasteiger partial charge in [0.15, 0.2) is 0 Å². The summed E-state index contributed by atoms with van der Waals surface area (Å²) in [7, 11) is 0. The lowest BCUT2D eigenvalue weighted by Crippen LogP contribution is -2.45. The van der Waals surface area contributed by atoms with Crippen LogP contribution in [0.3, 0.4) is 0 Å². The third-order valence-electron chi connectivity index (χ3n) is 2.48. The molecule has 1 saturated heterocycles. The van der Waals surface area contributed by atoms with E-state index in [1.165, 1.54) is 0 Å². The summed E-state index contributed by atoms with van der Waals surface area (Å²) in [5.74, 6) is 0.576. The van der Waals surface area contributed by atoms with Crippen molar-refractivity contribution in [3.8, 4) is 0 Å². The molecule has 0 spiro atoms. The molecule has 0 radical (unpaired) electrons. The Hall–Kier alpha value is 0.190. The highest BCUT2D eigenvalue weighted by Crippen LogP contribution is 2.22. The van der Waals surface area contributed by atoms with Gasteiger partial charge in [-0.2, -0.15) is 11.8 Å². The van der Waals surface area contributed by atoms with Crippen LogP contribution in [0.1, 0.15) is 13.3 Å². The average molecular weight is 235 g/mol. The van der Waals surface area contributed by atoms with Gasteiger partial charge in [-0.25, -0.2) is 0 Å². The quantitative estimate of drug-likeness (QED) is 0.597. The molecule has 0 amide bonds. The van der Waals surface area contributed by atoms with Gasteiger partial charge in [-0.15, -0.1) is 0 Å². The van der Waals surface area contributed by atoms with Crippen LogP contribution in [0.2, 0.25) is 0 Å². The van der Waals surface area contributed by atoms with Crippen molar-refractivity contribution in [3.63, 3.8) is 0 Å². The van der Waals surface area contributed by atoms with Gasteiger partial charge in [-0.3, -0.25) is 0 Å². The molecule has 90 valence electrons. The maximum atomic E-state index is 9.27. The fraction of sp³-hybridized carbons (Fsp3) is 1.00. The van der Waals surface area contributed by atoms with E-state index in [0.29, 0.717) is 17.0 Å². The number of rotatable bonds is 6. The molecule has 3 N–H and O–H groups in total. The van der Waals surface area contributed by atoms with E-state index in [1.54, 1.807) is 11.8 Å². The van der Waals surface area contributed by atoms with E-state index in [1.807, 2.05) is 0 Å². The molecule has 4 nitrogen and oxygen atoms in total. The molecule has 5 heteroatoms. The zero-order valence-electron chi connectivity index (χ0n) is 9.19. The van der Waals surface area contributed by atoms with Gasteiger partial charge in [0.05, 0.1) is 19.3 Å². The molecule has 3 unspecified atom stereocenters. The van der Waals surface area contributed by atoms with Crippen LogP contribution in [-0.2, 0) is 4.74 Å². The minimum atomic E-state index is -0.612. The molecule has 1 fully saturated rings. The van der Waals surface area contributed by atoms with Crippen LogP contribution in [-0.4, -0.2) is 59.7 Å². The zero-order chi connectivity index (χ0) is 11.1. The number of hydrogen-bond donors (Lipinski definition) is 3. The molecule has 0 aromatic heterocycles. The summed E-state index contributed by atoms with van der Waals surface area (Å²) in [5, 5.41) is 21.8. The summed E-state index contributed by atoms with van der Waals surface area (Å²) >= 11 is 1.68. The van der Waals surface area contributed by atoms with Crippen LogP contribution in [0.25, 0.3) is 0 Å². The Balaban J connectivity index is 2.28. The maximum absolute atomic E-state index is 9.27. The van der Waals surface area contributed by atoms with Gasteiger partial charge in [0.25, 0.3) is 0 Å². The third kappa shape index (κ3) is 4.70.